The first-order valence-electron chi connectivity index (χ1n) is 8.49. The van der Waals surface area contributed by atoms with Crippen LogP contribution in [0.2, 0.25) is 0 Å². The van der Waals surface area contributed by atoms with E-state index < -0.39 is 0 Å². The molecule has 130 valence electrons. The van der Waals surface area contributed by atoms with Crippen molar-refractivity contribution in [3.05, 3.63) is 36.3 Å². The molecule has 1 rings (SSSR count). The highest BCUT2D eigenvalue weighted by molar-refractivity contribution is 5.79. The fourth-order valence-electron chi connectivity index (χ4n) is 1.88. The molecule has 1 aromatic heterocycles. The molecule has 1 heterocycles. The monoisotopic (exact) mass is 321 g/mol. The summed E-state index contributed by atoms with van der Waals surface area (Å²) < 4.78 is 10.9. The first kappa shape index (κ1) is 19.3. The van der Waals surface area contributed by atoms with Crippen LogP contribution in [0.5, 0.6) is 0 Å². The first-order chi connectivity index (χ1) is 11.2. The van der Waals surface area contributed by atoms with Crippen molar-refractivity contribution in [1.82, 2.24) is 10.6 Å². The number of ether oxygens (including phenoxy) is 1. The second kappa shape index (κ2) is 12.8. The molecule has 0 fully saturated rings. The summed E-state index contributed by atoms with van der Waals surface area (Å²) in [6, 6.07) is 3.88. The highest BCUT2D eigenvalue weighted by atomic mass is 16.5. The van der Waals surface area contributed by atoms with E-state index in [1.54, 1.807) is 6.26 Å². The average Bonchev–Trinajstić information content (AvgIpc) is 3.04. The smallest absolute Gasteiger partial charge is 0.191 e. The SMILES string of the molecule is C=C(C)CN=C(NCCCOCCCC)NCCc1ccco1. The van der Waals surface area contributed by atoms with E-state index in [1.807, 2.05) is 19.1 Å². The zero-order chi connectivity index (χ0) is 16.8. The molecule has 0 aliphatic rings. The third-order valence-corrected chi connectivity index (χ3v) is 3.15. The highest BCUT2D eigenvalue weighted by Crippen LogP contribution is 1.99. The van der Waals surface area contributed by atoms with Gasteiger partial charge in [0.05, 0.1) is 12.8 Å². The Labute approximate surface area is 140 Å². The Bertz CT molecular complexity index is 441. The second-order valence-corrected chi connectivity index (χ2v) is 5.62. The lowest BCUT2D eigenvalue weighted by Crippen LogP contribution is -2.39. The highest BCUT2D eigenvalue weighted by Gasteiger charge is 2.00. The van der Waals surface area contributed by atoms with Crippen molar-refractivity contribution in [2.75, 3.05) is 32.8 Å². The molecule has 5 heteroatoms. The van der Waals surface area contributed by atoms with Gasteiger partial charge in [-0.1, -0.05) is 25.5 Å². The number of rotatable bonds is 12. The van der Waals surface area contributed by atoms with E-state index in [0.717, 1.165) is 62.9 Å². The van der Waals surface area contributed by atoms with Gasteiger partial charge in [0.1, 0.15) is 5.76 Å². The Morgan fingerprint density at radius 1 is 1.26 bits per heavy atom. The maximum Gasteiger partial charge on any atom is 0.191 e. The van der Waals surface area contributed by atoms with Gasteiger partial charge in [0.2, 0.25) is 0 Å². The number of unbranched alkanes of at least 4 members (excludes halogenated alkanes) is 1. The topological polar surface area (TPSA) is 58.8 Å². The number of furan rings is 1. The molecule has 0 spiro atoms. The molecule has 0 saturated heterocycles. The zero-order valence-corrected chi connectivity index (χ0v) is 14.6. The van der Waals surface area contributed by atoms with Crippen molar-refractivity contribution >= 4 is 5.96 Å². The van der Waals surface area contributed by atoms with Crippen LogP contribution < -0.4 is 10.6 Å². The summed E-state index contributed by atoms with van der Waals surface area (Å²) in [5.41, 5.74) is 1.04. The summed E-state index contributed by atoms with van der Waals surface area (Å²) >= 11 is 0. The van der Waals surface area contributed by atoms with Gasteiger partial charge in [-0.3, -0.25) is 0 Å². The third kappa shape index (κ3) is 10.6. The molecular weight excluding hydrogens is 290 g/mol. The normalized spacial score (nSPS) is 11.5. The second-order valence-electron chi connectivity index (χ2n) is 5.62. The Balaban J connectivity index is 2.22. The summed E-state index contributed by atoms with van der Waals surface area (Å²) in [5, 5.41) is 6.65. The quantitative estimate of drug-likeness (QED) is 0.269. The number of nitrogens with one attached hydrogen (secondary N) is 2. The molecule has 2 N–H and O–H groups in total. The number of guanidine groups is 1. The lowest BCUT2D eigenvalue weighted by Gasteiger charge is -2.12. The standard InChI is InChI=1S/C18H31N3O2/c1-4-5-12-22-13-7-10-19-18(21-15-16(2)3)20-11-9-17-8-6-14-23-17/h6,8,14H,2,4-5,7,9-13,15H2,1,3H3,(H2,19,20,21). The molecule has 23 heavy (non-hydrogen) atoms. The minimum atomic E-state index is 0.628. The minimum Gasteiger partial charge on any atom is -0.469 e. The van der Waals surface area contributed by atoms with Crippen LogP contribution in [0.1, 0.15) is 38.9 Å². The van der Waals surface area contributed by atoms with Gasteiger partial charge in [-0.25, -0.2) is 4.99 Å². The summed E-state index contributed by atoms with van der Waals surface area (Å²) in [4.78, 5) is 4.51. The van der Waals surface area contributed by atoms with Crippen molar-refractivity contribution in [3.8, 4) is 0 Å². The molecule has 0 aliphatic heterocycles. The van der Waals surface area contributed by atoms with Crippen molar-refractivity contribution in [2.45, 2.75) is 39.5 Å². The van der Waals surface area contributed by atoms with Crippen molar-refractivity contribution in [2.24, 2.45) is 4.99 Å². The maximum absolute atomic E-state index is 5.56. The number of hydrogen-bond acceptors (Lipinski definition) is 3. The zero-order valence-electron chi connectivity index (χ0n) is 14.6. The van der Waals surface area contributed by atoms with E-state index in [9.17, 15) is 0 Å². The van der Waals surface area contributed by atoms with E-state index in [0.29, 0.717) is 6.54 Å². The van der Waals surface area contributed by atoms with Crippen LogP contribution in [-0.4, -0.2) is 38.8 Å². The van der Waals surface area contributed by atoms with E-state index in [4.69, 9.17) is 9.15 Å². The van der Waals surface area contributed by atoms with Crippen LogP contribution in [0.25, 0.3) is 0 Å². The van der Waals surface area contributed by atoms with Gasteiger partial charge in [0.25, 0.3) is 0 Å². The molecule has 0 amide bonds. The van der Waals surface area contributed by atoms with Gasteiger partial charge in [0.15, 0.2) is 5.96 Å². The largest absolute Gasteiger partial charge is 0.469 e. The molecule has 0 radical (unpaired) electrons. The predicted molar refractivity (Wildman–Crippen MR) is 95.9 cm³/mol. The predicted octanol–water partition coefficient (Wildman–Crippen LogP) is 3.14. The van der Waals surface area contributed by atoms with Crippen LogP contribution in [-0.2, 0) is 11.2 Å². The summed E-state index contributed by atoms with van der Waals surface area (Å²) in [6.45, 7) is 11.9. The third-order valence-electron chi connectivity index (χ3n) is 3.15. The van der Waals surface area contributed by atoms with E-state index >= 15 is 0 Å². The average molecular weight is 321 g/mol. The number of aliphatic imine (C=N–C) groups is 1. The number of nitrogens with zero attached hydrogens (tertiary/aromatic N) is 1. The molecule has 5 nitrogen and oxygen atoms in total. The van der Waals surface area contributed by atoms with Gasteiger partial charge in [-0.2, -0.15) is 0 Å². The fraction of sp³-hybridized carbons (Fsp3) is 0.611. The Morgan fingerprint density at radius 2 is 2.04 bits per heavy atom. The van der Waals surface area contributed by atoms with E-state index in [1.165, 1.54) is 6.42 Å². The Kier molecular flexibility index (Phi) is 10.7. The Morgan fingerprint density at radius 3 is 2.74 bits per heavy atom. The summed E-state index contributed by atoms with van der Waals surface area (Å²) in [5.74, 6) is 1.79. The van der Waals surface area contributed by atoms with Gasteiger partial charge in [-0.15, -0.1) is 0 Å². The Hall–Kier alpha value is -1.75. The summed E-state index contributed by atoms with van der Waals surface area (Å²) in [6.07, 6.45) is 5.81. The van der Waals surface area contributed by atoms with Gasteiger partial charge in [-0.05, 0) is 31.9 Å². The van der Waals surface area contributed by atoms with E-state index in [-0.39, 0.29) is 0 Å². The van der Waals surface area contributed by atoms with Gasteiger partial charge in [0, 0.05) is 32.7 Å². The van der Waals surface area contributed by atoms with E-state index in [2.05, 4.69) is 29.1 Å². The molecular formula is C18H31N3O2. The molecule has 0 unspecified atom stereocenters. The van der Waals surface area contributed by atoms with Crippen LogP contribution in [0, 0.1) is 0 Å². The molecule has 0 saturated carbocycles. The molecule has 0 aromatic carbocycles. The van der Waals surface area contributed by atoms with Crippen molar-refractivity contribution < 1.29 is 9.15 Å². The lowest BCUT2D eigenvalue weighted by molar-refractivity contribution is 0.129. The van der Waals surface area contributed by atoms with Gasteiger partial charge < -0.3 is 19.8 Å². The molecule has 1 aromatic rings. The fourth-order valence-corrected chi connectivity index (χ4v) is 1.88. The van der Waals surface area contributed by atoms with Crippen LogP contribution in [0.15, 0.2) is 40.0 Å². The minimum absolute atomic E-state index is 0.628. The summed E-state index contributed by atoms with van der Waals surface area (Å²) in [7, 11) is 0. The lowest BCUT2D eigenvalue weighted by atomic mass is 10.3. The van der Waals surface area contributed by atoms with Crippen molar-refractivity contribution in [3.63, 3.8) is 0 Å². The first-order valence-corrected chi connectivity index (χ1v) is 8.49. The number of hydrogen-bond donors (Lipinski definition) is 2. The molecule has 0 atom stereocenters. The molecule has 0 bridgehead atoms. The maximum atomic E-state index is 5.56. The van der Waals surface area contributed by atoms with Crippen LogP contribution >= 0.6 is 0 Å². The molecule has 0 aliphatic carbocycles. The van der Waals surface area contributed by atoms with Crippen LogP contribution in [0.4, 0.5) is 0 Å². The van der Waals surface area contributed by atoms with Gasteiger partial charge >= 0.3 is 0 Å². The van der Waals surface area contributed by atoms with Crippen molar-refractivity contribution in [1.29, 1.82) is 0 Å². The van der Waals surface area contributed by atoms with Crippen LogP contribution in [0.3, 0.4) is 0 Å².